The lowest BCUT2D eigenvalue weighted by molar-refractivity contribution is -0.146. The molecule has 1 fully saturated rings. The van der Waals surface area contributed by atoms with Crippen molar-refractivity contribution in [3.63, 3.8) is 0 Å². The maximum absolute atomic E-state index is 12.2. The third-order valence-electron chi connectivity index (χ3n) is 4.10. The summed E-state index contributed by atoms with van der Waals surface area (Å²) in [6.45, 7) is 0.916. The number of amides is 2. The zero-order valence-electron chi connectivity index (χ0n) is 13.7. The number of benzene rings is 1. The first-order valence-corrected chi connectivity index (χ1v) is 8.88. The fourth-order valence-corrected chi connectivity index (χ4v) is 3.40. The van der Waals surface area contributed by atoms with E-state index in [1.165, 1.54) is 16.7 Å². The van der Waals surface area contributed by atoms with Gasteiger partial charge < -0.3 is 14.9 Å². The normalized spacial score (nSPS) is 15.1. The number of rotatable bonds is 6. The molecule has 0 aliphatic carbocycles. The molecule has 24 heavy (non-hydrogen) atoms. The number of likely N-dealkylation sites (N-methyl/N-ethyl adjacent to an activating group) is 1. The van der Waals surface area contributed by atoms with Crippen molar-refractivity contribution in [3.05, 3.63) is 30.3 Å². The number of carbonyl (C=O) groups is 3. The minimum Gasteiger partial charge on any atom is -0.481 e. The highest BCUT2D eigenvalue weighted by molar-refractivity contribution is 8.00. The van der Waals surface area contributed by atoms with Crippen LogP contribution in [0.25, 0.3) is 0 Å². The Bertz CT molecular complexity index is 586. The van der Waals surface area contributed by atoms with E-state index >= 15 is 0 Å². The van der Waals surface area contributed by atoms with Gasteiger partial charge in [0.05, 0.1) is 18.2 Å². The number of thioether (sulfide) groups is 1. The summed E-state index contributed by atoms with van der Waals surface area (Å²) in [5, 5.41) is 8.98. The van der Waals surface area contributed by atoms with Crippen LogP contribution in [0.1, 0.15) is 12.8 Å². The molecule has 130 valence electrons. The predicted molar refractivity (Wildman–Crippen MR) is 91.7 cm³/mol. The van der Waals surface area contributed by atoms with Gasteiger partial charge in [-0.25, -0.2) is 0 Å². The third kappa shape index (κ3) is 5.26. The van der Waals surface area contributed by atoms with E-state index in [1.54, 1.807) is 11.9 Å². The lowest BCUT2D eigenvalue weighted by atomic mass is 9.97. The molecule has 1 heterocycles. The Kier molecular flexibility index (Phi) is 6.66. The molecule has 0 unspecified atom stereocenters. The molecule has 2 amide bonds. The van der Waals surface area contributed by atoms with Crippen molar-refractivity contribution in [2.45, 2.75) is 17.7 Å². The SMILES string of the molecule is CN(CC(=O)N1CCC(C(=O)O)CC1)C(=O)CSc1ccccc1. The van der Waals surface area contributed by atoms with E-state index < -0.39 is 5.97 Å². The van der Waals surface area contributed by atoms with E-state index in [1.807, 2.05) is 30.3 Å². The first kappa shape index (κ1) is 18.3. The Morgan fingerprint density at radius 3 is 2.42 bits per heavy atom. The molecule has 2 rings (SSSR count). The van der Waals surface area contributed by atoms with Gasteiger partial charge in [0.15, 0.2) is 0 Å². The van der Waals surface area contributed by atoms with E-state index in [9.17, 15) is 14.4 Å². The van der Waals surface area contributed by atoms with Gasteiger partial charge in [0, 0.05) is 25.0 Å². The van der Waals surface area contributed by atoms with Crippen LogP contribution < -0.4 is 0 Å². The first-order chi connectivity index (χ1) is 11.5. The van der Waals surface area contributed by atoms with Crippen molar-refractivity contribution < 1.29 is 19.5 Å². The van der Waals surface area contributed by atoms with E-state index in [2.05, 4.69) is 0 Å². The Balaban J connectivity index is 1.75. The Hall–Kier alpha value is -2.02. The summed E-state index contributed by atoms with van der Waals surface area (Å²) in [6, 6.07) is 9.64. The van der Waals surface area contributed by atoms with E-state index in [0.717, 1.165) is 4.90 Å². The molecule has 0 aromatic heterocycles. The molecule has 0 bridgehead atoms. The Morgan fingerprint density at radius 1 is 1.21 bits per heavy atom. The number of likely N-dealkylation sites (tertiary alicyclic amines) is 1. The number of piperidine rings is 1. The lowest BCUT2D eigenvalue weighted by Gasteiger charge is -2.31. The number of carboxylic acid groups (broad SMARTS) is 1. The Labute approximate surface area is 145 Å². The molecule has 1 saturated heterocycles. The van der Waals surface area contributed by atoms with Crippen molar-refractivity contribution in [3.8, 4) is 0 Å². The summed E-state index contributed by atoms with van der Waals surface area (Å²) in [7, 11) is 1.62. The number of hydrogen-bond donors (Lipinski definition) is 1. The third-order valence-corrected chi connectivity index (χ3v) is 5.10. The molecule has 0 radical (unpaired) electrons. The molecule has 1 N–H and O–H groups in total. The van der Waals surface area contributed by atoms with Gasteiger partial charge in [0.2, 0.25) is 11.8 Å². The number of aliphatic carboxylic acids is 1. The fraction of sp³-hybridized carbons (Fsp3) is 0.471. The number of nitrogens with zero attached hydrogens (tertiary/aromatic N) is 2. The number of hydrogen-bond acceptors (Lipinski definition) is 4. The molecule has 1 aliphatic heterocycles. The van der Waals surface area contributed by atoms with E-state index in [4.69, 9.17) is 5.11 Å². The van der Waals surface area contributed by atoms with Crippen LogP contribution in [-0.2, 0) is 14.4 Å². The highest BCUT2D eigenvalue weighted by Gasteiger charge is 2.27. The van der Waals surface area contributed by atoms with Gasteiger partial charge in [-0.15, -0.1) is 11.8 Å². The summed E-state index contributed by atoms with van der Waals surface area (Å²) < 4.78 is 0. The van der Waals surface area contributed by atoms with E-state index in [0.29, 0.717) is 25.9 Å². The van der Waals surface area contributed by atoms with Gasteiger partial charge in [-0.2, -0.15) is 0 Å². The van der Waals surface area contributed by atoms with Crippen LogP contribution in [-0.4, -0.2) is 65.1 Å². The average Bonchev–Trinajstić information content (AvgIpc) is 2.60. The van der Waals surface area contributed by atoms with Crippen molar-refractivity contribution >= 4 is 29.5 Å². The van der Waals surface area contributed by atoms with Crippen LogP contribution in [0.2, 0.25) is 0 Å². The van der Waals surface area contributed by atoms with Crippen LogP contribution >= 0.6 is 11.8 Å². The Morgan fingerprint density at radius 2 is 1.83 bits per heavy atom. The second-order valence-electron chi connectivity index (χ2n) is 5.84. The van der Waals surface area contributed by atoms with Gasteiger partial charge in [-0.3, -0.25) is 14.4 Å². The summed E-state index contributed by atoms with van der Waals surface area (Å²) in [5.41, 5.74) is 0. The van der Waals surface area contributed by atoms with Gasteiger partial charge in [0.25, 0.3) is 0 Å². The molecule has 1 aliphatic rings. The predicted octanol–water partition coefficient (Wildman–Crippen LogP) is 1.56. The molecule has 0 spiro atoms. The van der Waals surface area contributed by atoms with Gasteiger partial charge >= 0.3 is 5.97 Å². The van der Waals surface area contributed by atoms with Crippen LogP contribution in [0.15, 0.2) is 35.2 Å². The lowest BCUT2D eigenvalue weighted by Crippen LogP contribution is -2.45. The van der Waals surface area contributed by atoms with Gasteiger partial charge in [0.1, 0.15) is 0 Å². The molecule has 1 aromatic rings. The van der Waals surface area contributed by atoms with Crippen LogP contribution in [0, 0.1) is 5.92 Å². The molecule has 0 saturated carbocycles. The fourth-order valence-electron chi connectivity index (χ4n) is 2.54. The number of carbonyl (C=O) groups excluding carboxylic acids is 2. The quantitative estimate of drug-likeness (QED) is 0.788. The van der Waals surface area contributed by atoms with Crippen LogP contribution in [0.4, 0.5) is 0 Å². The van der Waals surface area contributed by atoms with Crippen molar-refractivity contribution in [2.24, 2.45) is 5.92 Å². The van der Waals surface area contributed by atoms with Gasteiger partial charge in [-0.1, -0.05) is 18.2 Å². The van der Waals surface area contributed by atoms with Crippen molar-refractivity contribution in [1.82, 2.24) is 9.80 Å². The van der Waals surface area contributed by atoms with Gasteiger partial charge in [-0.05, 0) is 25.0 Å². The maximum Gasteiger partial charge on any atom is 0.306 e. The standard InChI is InChI=1S/C17H22N2O4S/c1-18(16(21)12-24-14-5-3-2-4-6-14)11-15(20)19-9-7-13(8-10-19)17(22)23/h2-6,13H,7-12H2,1H3,(H,22,23). The van der Waals surface area contributed by atoms with Crippen molar-refractivity contribution in [1.29, 1.82) is 0 Å². The summed E-state index contributed by atoms with van der Waals surface area (Å²) in [4.78, 5) is 39.4. The topological polar surface area (TPSA) is 77.9 Å². The average molecular weight is 350 g/mol. The second-order valence-corrected chi connectivity index (χ2v) is 6.89. The first-order valence-electron chi connectivity index (χ1n) is 7.89. The maximum atomic E-state index is 12.2. The molecule has 1 aromatic carbocycles. The molecule has 0 atom stereocenters. The largest absolute Gasteiger partial charge is 0.481 e. The van der Waals surface area contributed by atoms with E-state index in [-0.39, 0.29) is 30.0 Å². The molecular formula is C17H22N2O4S. The monoisotopic (exact) mass is 350 g/mol. The van der Waals surface area contributed by atoms with Crippen LogP contribution in [0.5, 0.6) is 0 Å². The highest BCUT2D eigenvalue weighted by Crippen LogP contribution is 2.18. The van der Waals surface area contributed by atoms with Crippen LogP contribution in [0.3, 0.4) is 0 Å². The minimum absolute atomic E-state index is 0.0337. The summed E-state index contributed by atoms with van der Waals surface area (Å²) in [5.74, 6) is -1.10. The zero-order chi connectivity index (χ0) is 17.5. The zero-order valence-corrected chi connectivity index (χ0v) is 14.5. The van der Waals surface area contributed by atoms with Crippen molar-refractivity contribution in [2.75, 3.05) is 32.4 Å². The highest BCUT2D eigenvalue weighted by atomic mass is 32.2. The molecule has 7 heteroatoms. The smallest absolute Gasteiger partial charge is 0.306 e. The summed E-state index contributed by atoms with van der Waals surface area (Å²) >= 11 is 1.44. The second kappa shape index (κ2) is 8.73. The summed E-state index contributed by atoms with van der Waals surface area (Å²) in [6.07, 6.45) is 0.950. The molecular weight excluding hydrogens is 328 g/mol. The minimum atomic E-state index is -0.799. The number of carboxylic acids is 1. The molecule has 6 nitrogen and oxygen atoms in total.